The lowest BCUT2D eigenvalue weighted by Crippen LogP contribution is -2.54. The Hall–Kier alpha value is -0.380. The predicted molar refractivity (Wildman–Crippen MR) is 64.1 cm³/mol. The van der Waals surface area contributed by atoms with Gasteiger partial charge in [0, 0.05) is 45.3 Å². The topological polar surface area (TPSA) is 18.5 Å². The van der Waals surface area contributed by atoms with Gasteiger partial charge in [0.2, 0.25) is 0 Å². The van der Waals surface area contributed by atoms with Crippen LogP contribution in [0, 0.1) is 0 Å². The maximum atomic E-state index is 3.80. The molecule has 15 heavy (non-hydrogen) atoms. The van der Waals surface area contributed by atoms with Crippen LogP contribution in [0.1, 0.15) is 12.8 Å². The summed E-state index contributed by atoms with van der Waals surface area (Å²) in [5.74, 6) is 0. The predicted octanol–water partition coefficient (Wildman–Crippen LogP) is 0.542. The van der Waals surface area contributed by atoms with E-state index in [9.17, 15) is 0 Å². The summed E-state index contributed by atoms with van der Waals surface area (Å²) in [6.07, 6.45) is 4.74. The molecular weight excluding hydrogens is 186 g/mol. The van der Waals surface area contributed by atoms with Gasteiger partial charge in [-0.2, -0.15) is 0 Å². The van der Waals surface area contributed by atoms with Gasteiger partial charge in [-0.3, -0.25) is 9.80 Å². The van der Waals surface area contributed by atoms with Crippen molar-refractivity contribution in [2.45, 2.75) is 18.9 Å². The maximum Gasteiger partial charge on any atom is 0.0222 e. The molecule has 0 bridgehead atoms. The summed E-state index contributed by atoms with van der Waals surface area (Å²) in [7, 11) is 0. The Bertz CT molecular complexity index is 191. The molecule has 2 fully saturated rings. The molecule has 3 nitrogen and oxygen atoms in total. The average Bonchev–Trinajstić information content (AvgIpc) is 2.32. The first kappa shape index (κ1) is 11.1. The lowest BCUT2D eigenvalue weighted by Gasteiger charge is -2.40. The molecule has 3 heteroatoms. The quantitative estimate of drug-likeness (QED) is 0.685. The second-order valence-electron chi connectivity index (χ2n) is 4.63. The Morgan fingerprint density at radius 1 is 1.27 bits per heavy atom. The molecule has 2 aliphatic rings. The summed E-state index contributed by atoms with van der Waals surface area (Å²) in [6.45, 7) is 12.2. The highest BCUT2D eigenvalue weighted by Gasteiger charge is 2.24. The second-order valence-corrected chi connectivity index (χ2v) is 4.63. The number of nitrogens with zero attached hydrogens (tertiary/aromatic N) is 2. The first-order valence-corrected chi connectivity index (χ1v) is 6.18. The summed E-state index contributed by atoms with van der Waals surface area (Å²) in [6, 6.07) is 0.796. The van der Waals surface area contributed by atoms with Crippen LogP contribution in [-0.2, 0) is 0 Å². The Morgan fingerprint density at radius 3 is 2.67 bits per heavy atom. The van der Waals surface area contributed by atoms with Crippen LogP contribution in [0.2, 0.25) is 0 Å². The van der Waals surface area contributed by atoms with E-state index in [0.29, 0.717) is 0 Å². The number of piperidine rings is 1. The van der Waals surface area contributed by atoms with Gasteiger partial charge < -0.3 is 5.32 Å². The zero-order valence-corrected chi connectivity index (χ0v) is 9.62. The molecule has 0 radical (unpaired) electrons. The molecule has 0 spiro atoms. The van der Waals surface area contributed by atoms with Crippen molar-refractivity contribution in [2.24, 2.45) is 0 Å². The molecule has 0 aromatic carbocycles. The summed E-state index contributed by atoms with van der Waals surface area (Å²) >= 11 is 0. The van der Waals surface area contributed by atoms with Crippen LogP contribution in [0.4, 0.5) is 0 Å². The SMILES string of the molecule is C=CCN1CCN(C2CCCNC2)CC1. The molecule has 86 valence electrons. The van der Waals surface area contributed by atoms with Crippen molar-refractivity contribution in [3.8, 4) is 0 Å². The summed E-state index contributed by atoms with van der Waals surface area (Å²) in [5, 5.41) is 3.50. The van der Waals surface area contributed by atoms with Crippen LogP contribution < -0.4 is 5.32 Å². The maximum absolute atomic E-state index is 3.80. The van der Waals surface area contributed by atoms with Crippen LogP contribution in [0.5, 0.6) is 0 Å². The van der Waals surface area contributed by atoms with E-state index in [4.69, 9.17) is 0 Å². The van der Waals surface area contributed by atoms with E-state index in [-0.39, 0.29) is 0 Å². The van der Waals surface area contributed by atoms with E-state index < -0.39 is 0 Å². The first-order valence-electron chi connectivity index (χ1n) is 6.18. The molecule has 0 saturated carbocycles. The van der Waals surface area contributed by atoms with E-state index in [1.54, 1.807) is 0 Å². The number of piperazine rings is 1. The summed E-state index contributed by atoms with van der Waals surface area (Å²) in [5.41, 5.74) is 0. The van der Waals surface area contributed by atoms with E-state index in [2.05, 4.69) is 21.7 Å². The average molecular weight is 209 g/mol. The number of nitrogens with one attached hydrogen (secondary N) is 1. The lowest BCUT2D eigenvalue weighted by atomic mass is 10.1. The van der Waals surface area contributed by atoms with Crippen LogP contribution in [-0.4, -0.2) is 61.7 Å². The van der Waals surface area contributed by atoms with Crippen molar-refractivity contribution in [3.05, 3.63) is 12.7 Å². The molecule has 2 aliphatic heterocycles. The molecule has 0 aliphatic carbocycles. The Balaban J connectivity index is 1.74. The smallest absolute Gasteiger partial charge is 0.0222 e. The van der Waals surface area contributed by atoms with Gasteiger partial charge in [-0.15, -0.1) is 6.58 Å². The molecule has 1 atom stereocenters. The zero-order valence-electron chi connectivity index (χ0n) is 9.62. The molecule has 0 aromatic heterocycles. The van der Waals surface area contributed by atoms with Gasteiger partial charge in [-0.05, 0) is 19.4 Å². The third-order valence-corrected chi connectivity index (χ3v) is 3.58. The van der Waals surface area contributed by atoms with Gasteiger partial charge in [0.25, 0.3) is 0 Å². The highest BCUT2D eigenvalue weighted by molar-refractivity contribution is 4.84. The molecule has 1 N–H and O–H groups in total. The van der Waals surface area contributed by atoms with Crippen molar-refractivity contribution in [1.82, 2.24) is 15.1 Å². The molecule has 0 amide bonds. The third kappa shape index (κ3) is 3.03. The zero-order chi connectivity index (χ0) is 10.5. The monoisotopic (exact) mass is 209 g/mol. The molecule has 2 saturated heterocycles. The molecule has 0 aromatic rings. The lowest BCUT2D eigenvalue weighted by molar-refractivity contribution is 0.0904. The van der Waals surface area contributed by atoms with Crippen molar-refractivity contribution in [1.29, 1.82) is 0 Å². The van der Waals surface area contributed by atoms with Gasteiger partial charge in [-0.1, -0.05) is 6.08 Å². The minimum Gasteiger partial charge on any atom is -0.315 e. The van der Waals surface area contributed by atoms with Crippen LogP contribution in [0.25, 0.3) is 0 Å². The molecule has 2 heterocycles. The molecule has 2 rings (SSSR count). The number of hydrogen-bond donors (Lipinski definition) is 1. The van der Waals surface area contributed by atoms with Gasteiger partial charge in [0.1, 0.15) is 0 Å². The molecular formula is C12H23N3. The number of hydrogen-bond acceptors (Lipinski definition) is 3. The standard InChI is InChI=1S/C12H23N3/c1-2-6-14-7-9-15(10-8-14)12-4-3-5-13-11-12/h2,12-13H,1,3-11H2. The van der Waals surface area contributed by atoms with Gasteiger partial charge in [0.15, 0.2) is 0 Å². The van der Waals surface area contributed by atoms with E-state index >= 15 is 0 Å². The second kappa shape index (κ2) is 5.64. The minimum atomic E-state index is 0.796. The Morgan fingerprint density at radius 2 is 2.07 bits per heavy atom. The van der Waals surface area contributed by atoms with Gasteiger partial charge in [-0.25, -0.2) is 0 Å². The Kier molecular flexibility index (Phi) is 4.18. The fourth-order valence-corrected chi connectivity index (χ4v) is 2.64. The summed E-state index contributed by atoms with van der Waals surface area (Å²) < 4.78 is 0. The van der Waals surface area contributed by atoms with Crippen LogP contribution >= 0.6 is 0 Å². The van der Waals surface area contributed by atoms with E-state index in [1.165, 1.54) is 52.1 Å². The minimum absolute atomic E-state index is 0.796. The van der Waals surface area contributed by atoms with Crippen molar-refractivity contribution < 1.29 is 0 Å². The molecule has 1 unspecified atom stereocenters. The largest absolute Gasteiger partial charge is 0.315 e. The van der Waals surface area contributed by atoms with E-state index in [1.807, 2.05) is 6.08 Å². The van der Waals surface area contributed by atoms with Crippen molar-refractivity contribution in [2.75, 3.05) is 45.8 Å². The Labute approximate surface area is 93.1 Å². The fourth-order valence-electron chi connectivity index (χ4n) is 2.64. The number of rotatable bonds is 3. The fraction of sp³-hybridized carbons (Fsp3) is 0.833. The van der Waals surface area contributed by atoms with Crippen LogP contribution in [0.15, 0.2) is 12.7 Å². The highest BCUT2D eigenvalue weighted by Crippen LogP contribution is 2.12. The normalized spacial score (nSPS) is 30.3. The third-order valence-electron chi connectivity index (χ3n) is 3.58. The first-order chi connectivity index (χ1) is 7.40. The van der Waals surface area contributed by atoms with E-state index in [0.717, 1.165) is 12.6 Å². The van der Waals surface area contributed by atoms with Gasteiger partial charge in [0.05, 0.1) is 0 Å². The van der Waals surface area contributed by atoms with Crippen LogP contribution in [0.3, 0.4) is 0 Å². The summed E-state index contributed by atoms with van der Waals surface area (Å²) in [4.78, 5) is 5.14. The van der Waals surface area contributed by atoms with Crippen molar-refractivity contribution >= 4 is 0 Å². The highest BCUT2D eigenvalue weighted by atomic mass is 15.3. The van der Waals surface area contributed by atoms with Gasteiger partial charge >= 0.3 is 0 Å². The van der Waals surface area contributed by atoms with Crippen molar-refractivity contribution in [3.63, 3.8) is 0 Å².